The number of hydrogen-bond acceptors (Lipinski definition) is 4. The van der Waals surface area contributed by atoms with Gasteiger partial charge in [0.25, 0.3) is 0 Å². The molecule has 0 aromatic heterocycles. The first kappa shape index (κ1) is 12.2. The van der Waals surface area contributed by atoms with Crippen molar-refractivity contribution in [1.29, 1.82) is 0 Å². The Bertz CT molecular complexity index is 428. The third-order valence-corrected chi connectivity index (χ3v) is 3.54. The smallest absolute Gasteiger partial charge is 0.127 e. The molecule has 1 unspecified atom stereocenters. The van der Waals surface area contributed by atoms with Crippen molar-refractivity contribution in [2.24, 2.45) is 11.5 Å². The van der Waals surface area contributed by atoms with Crippen molar-refractivity contribution in [3.8, 4) is 11.5 Å². The predicted molar refractivity (Wildman–Crippen MR) is 67.4 cm³/mol. The number of benzene rings is 1. The second-order valence-corrected chi connectivity index (χ2v) is 4.77. The Kier molecular flexibility index (Phi) is 3.02. The highest BCUT2D eigenvalue weighted by Crippen LogP contribution is 2.46. The Morgan fingerprint density at radius 1 is 1.24 bits per heavy atom. The summed E-state index contributed by atoms with van der Waals surface area (Å²) in [6.45, 7) is 2.01. The van der Waals surface area contributed by atoms with E-state index >= 15 is 0 Å². The average molecular weight is 236 g/mol. The van der Waals surface area contributed by atoms with Gasteiger partial charge in [0.05, 0.1) is 20.3 Å². The van der Waals surface area contributed by atoms with Gasteiger partial charge in [-0.15, -0.1) is 0 Å². The van der Waals surface area contributed by atoms with Gasteiger partial charge in [-0.1, -0.05) is 0 Å². The Hall–Kier alpha value is -1.26. The van der Waals surface area contributed by atoms with Crippen LogP contribution < -0.4 is 20.9 Å². The van der Waals surface area contributed by atoms with Crippen molar-refractivity contribution in [3.05, 3.63) is 23.3 Å². The highest BCUT2D eigenvalue weighted by atomic mass is 16.5. The summed E-state index contributed by atoms with van der Waals surface area (Å²) in [5, 5.41) is 0. The van der Waals surface area contributed by atoms with E-state index < -0.39 is 0 Å². The Labute approximate surface area is 102 Å². The fraction of sp³-hybridized carbons (Fsp3) is 0.538. The molecule has 0 spiro atoms. The van der Waals surface area contributed by atoms with E-state index in [0.717, 1.165) is 35.5 Å². The average Bonchev–Trinajstić information content (AvgIpc) is 3.06. The van der Waals surface area contributed by atoms with Crippen LogP contribution in [0.25, 0.3) is 0 Å². The van der Waals surface area contributed by atoms with E-state index in [-0.39, 0.29) is 11.6 Å². The summed E-state index contributed by atoms with van der Waals surface area (Å²) in [6, 6.07) is 3.64. The normalized spacial score (nSPS) is 18.6. The summed E-state index contributed by atoms with van der Waals surface area (Å²) in [5.41, 5.74) is 14.2. The first-order chi connectivity index (χ1) is 8.01. The van der Waals surface area contributed by atoms with E-state index in [1.54, 1.807) is 14.2 Å². The molecule has 1 aromatic rings. The van der Waals surface area contributed by atoms with E-state index in [1.807, 2.05) is 19.1 Å². The maximum absolute atomic E-state index is 6.26. The third-order valence-electron chi connectivity index (χ3n) is 3.54. The van der Waals surface area contributed by atoms with Crippen LogP contribution in [0.2, 0.25) is 0 Å². The predicted octanol–water partition coefficient (Wildman–Crippen LogP) is 1.50. The van der Waals surface area contributed by atoms with Crippen LogP contribution >= 0.6 is 0 Å². The van der Waals surface area contributed by atoms with Crippen molar-refractivity contribution in [2.45, 2.75) is 31.3 Å². The molecule has 94 valence electrons. The minimum Gasteiger partial charge on any atom is -0.497 e. The molecule has 1 aliphatic rings. The highest BCUT2D eigenvalue weighted by Gasteiger charge is 2.46. The number of methoxy groups -OCH3 is 2. The Balaban J connectivity index is 2.45. The Morgan fingerprint density at radius 3 is 2.35 bits per heavy atom. The minimum absolute atomic E-state index is 0.177. The molecule has 17 heavy (non-hydrogen) atoms. The van der Waals surface area contributed by atoms with E-state index in [2.05, 4.69) is 0 Å². The zero-order valence-corrected chi connectivity index (χ0v) is 10.6. The van der Waals surface area contributed by atoms with Crippen LogP contribution in [0.5, 0.6) is 11.5 Å². The third kappa shape index (κ3) is 2.10. The molecule has 0 heterocycles. The summed E-state index contributed by atoms with van der Waals surface area (Å²) >= 11 is 0. The zero-order chi connectivity index (χ0) is 12.6. The molecule has 4 heteroatoms. The minimum atomic E-state index is -0.257. The van der Waals surface area contributed by atoms with Crippen molar-refractivity contribution < 1.29 is 9.47 Å². The second kappa shape index (κ2) is 4.20. The lowest BCUT2D eigenvalue weighted by Crippen LogP contribution is -2.37. The van der Waals surface area contributed by atoms with Gasteiger partial charge < -0.3 is 20.9 Å². The molecule has 4 N–H and O–H groups in total. The molecular formula is C13H20N2O2. The van der Waals surface area contributed by atoms with Gasteiger partial charge in [0.15, 0.2) is 0 Å². The summed E-state index contributed by atoms with van der Waals surface area (Å²) in [6.07, 6.45) is 1.95. The number of nitrogens with two attached hydrogens (primary N) is 2. The first-order valence-electron chi connectivity index (χ1n) is 5.79. The van der Waals surface area contributed by atoms with Crippen LogP contribution in [0, 0.1) is 6.92 Å². The number of ether oxygens (including phenoxy) is 2. The molecule has 4 nitrogen and oxygen atoms in total. The molecule has 1 fully saturated rings. The van der Waals surface area contributed by atoms with E-state index in [0.29, 0.717) is 0 Å². The quantitative estimate of drug-likeness (QED) is 0.831. The van der Waals surface area contributed by atoms with Crippen LogP contribution in [0.4, 0.5) is 0 Å². The fourth-order valence-corrected chi connectivity index (χ4v) is 2.16. The zero-order valence-electron chi connectivity index (χ0n) is 10.6. The van der Waals surface area contributed by atoms with Gasteiger partial charge in [-0.2, -0.15) is 0 Å². The SMILES string of the molecule is COc1cc(C)c(C(N)C2(N)CC2)c(OC)c1. The molecule has 1 atom stereocenters. The van der Waals surface area contributed by atoms with Crippen LogP contribution in [-0.4, -0.2) is 19.8 Å². The van der Waals surface area contributed by atoms with Crippen molar-refractivity contribution >= 4 is 0 Å². The summed E-state index contributed by atoms with van der Waals surface area (Å²) in [7, 11) is 3.28. The standard InChI is InChI=1S/C13H20N2O2/c1-8-6-9(16-2)7-10(17-3)11(8)12(14)13(15)4-5-13/h6-7,12H,4-5,14-15H2,1-3H3. The molecule has 2 rings (SSSR count). The summed E-state index contributed by atoms with van der Waals surface area (Å²) < 4.78 is 10.6. The van der Waals surface area contributed by atoms with Gasteiger partial charge in [0, 0.05) is 17.2 Å². The molecule has 0 saturated heterocycles. The molecule has 0 radical (unpaired) electrons. The van der Waals surface area contributed by atoms with Crippen LogP contribution in [0.15, 0.2) is 12.1 Å². The molecule has 1 aromatic carbocycles. The summed E-state index contributed by atoms with van der Waals surface area (Å²) in [5.74, 6) is 1.53. The number of hydrogen-bond donors (Lipinski definition) is 2. The highest BCUT2D eigenvalue weighted by molar-refractivity contribution is 5.49. The van der Waals surface area contributed by atoms with Gasteiger partial charge >= 0.3 is 0 Å². The fourth-order valence-electron chi connectivity index (χ4n) is 2.16. The van der Waals surface area contributed by atoms with Gasteiger partial charge in [-0.05, 0) is 31.4 Å². The van der Waals surface area contributed by atoms with Crippen LogP contribution in [-0.2, 0) is 0 Å². The van der Waals surface area contributed by atoms with Crippen LogP contribution in [0.1, 0.15) is 30.0 Å². The summed E-state index contributed by atoms with van der Waals surface area (Å²) in [4.78, 5) is 0. The van der Waals surface area contributed by atoms with E-state index in [9.17, 15) is 0 Å². The van der Waals surface area contributed by atoms with Gasteiger partial charge in [-0.3, -0.25) is 0 Å². The lowest BCUT2D eigenvalue weighted by molar-refractivity contribution is 0.383. The molecule has 0 amide bonds. The largest absolute Gasteiger partial charge is 0.497 e. The van der Waals surface area contributed by atoms with E-state index in [1.165, 1.54) is 0 Å². The van der Waals surface area contributed by atoms with Crippen molar-refractivity contribution in [1.82, 2.24) is 0 Å². The number of rotatable bonds is 4. The van der Waals surface area contributed by atoms with Gasteiger partial charge in [0.2, 0.25) is 0 Å². The monoisotopic (exact) mass is 236 g/mol. The second-order valence-electron chi connectivity index (χ2n) is 4.77. The topological polar surface area (TPSA) is 70.5 Å². The molecular weight excluding hydrogens is 216 g/mol. The maximum atomic E-state index is 6.26. The van der Waals surface area contributed by atoms with Crippen molar-refractivity contribution in [2.75, 3.05) is 14.2 Å². The van der Waals surface area contributed by atoms with Gasteiger partial charge in [-0.25, -0.2) is 0 Å². The first-order valence-corrected chi connectivity index (χ1v) is 5.79. The Morgan fingerprint density at radius 2 is 1.88 bits per heavy atom. The van der Waals surface area contributed by atoms with E-state index in [4.69, 9.17) is 20.9 Å². The molecule has 0 bridgehead atoms. The van der Waals surface area contributed by atoms with Crippen molar-refractivity contribution in [3.63, 3.8) is 0 Å². The lowest BCUT2D eigenvalue weighted by Gasteiger charge is -2.24. The molecule has 1 saturated carbocycles. The molecule has 0 aliphatic heterocycles. The van der Waals surface area contributed by atoms with Crippen LogP contribution in [0.3, 0.4) is 0 Å². The lowest BCUT2D eigenvalue weighted by atomic mass is 9.93. The maximum Gasteiger partial charge on any atom is 0.127 e. The molecule has 1 aliphatic carbocycles. The number of aryl methyl sites for hydroxylation is 1. The van der Waals surface area contributed by atoms with Gasteiger partial charge in [0.1, 0.15) is 11.5 Å².